The Morgan fingerprint density at radius 3 is 2.42 bits per heavy atom. The molecular weight excluding hydrogens is 344 g/mol. The number of likely N-dealkylation sites (tertiary alicyclic amines) is 1. The van der Waals surface area contributed by atoms with Crippen molar-refractivity contribution < 1.29 is 9.59 Å². The predicted octanol–water partition coefficient (Wildman–Crippen LogP) is 3.95. The van der Waals surface area contributed by atoms with Crippen molar-refractivity contribution in [3.8, 4) is 0 Å². The Morgan fingerprint density at radius 2 is 1.81 bits per heavy atom. The summed E-state index contributed by atoms with van der Waals surface area (Å²) in [5.41, 5.74) is 1.30. The monoisotopic (exact) mass is 368 g/mol. The number of rotatable bonds is 5. The zero-order chi connectivity index (χ0) is 18.0. The summed E-state index contributed by atoms with van der Waals surface area (Å²) in [6, 6.07) is 11.3. The summed E-state index contributed by atoms with van der Waals surface area (Å²) in [4.78, 5) is 27.3. The summed E-state index contributed by atoms with van der Waals surface area (Å²) in [6.45, 7) is 1.41. The van der Waals surface area contributed by atoms with E-state index in [1.165, 1.54) is 12.8 Å². The van der Waals surface area contributed by atoms with E-state index in [0.29, 0.717) is 18.7 Å². The van der Waals surface area contributed by atoms with Crippen molar-refractivity contribution in [1.29, 1.82) is 0 Å². The summed E-state index contributed by atoms with van der Waals surface area (Å²) < 4.78 is 0. The fourth-order valence-corrected chi connectivity index (χ4v) is 4.49. The van der Waals surface area contributed by atoms with E-state index in [-0.39, 0.29) is 17.4 Å². The third-order valence-corrected chi connectivity index (χ3v) is 6.25. The molecule has 4 rings (SSSR count). The lowest BCUT2D eigenvalue weighted by Crippen LogP contribution is -2.56. The summed E-state index contributed by atoms with van der Waals surface area (Å²) in [5.74, 6) is 0.842. The molecule has 4 nitrogen and oxygen atoms in total. The quantitative estimate of drug-likeness (QED) is 0.869. The van der Waals surface area contributed by atoms with Gasteiger partial charge in [0.25, 0.3) is 11.8 Å². The molecule has 2 amide bonds. The fourth-order valence-electron chi connectivity index (χ4n) is 3.86. The second kappa shape index (κ2) is 7.23. The zero-order valence-corrected chi connectivity index (χ0v) is 15.6. The number of nitrogens with one attached hydrogen (secondary N) is 1. The first-order valence-electron chi connectivity index (χ1n) is 9.34. The molecule has 0 radical (unpaired) electrons. The maximum atomic E-state index is 12.7. The van der Waals surface area contributed by atoms with Crippen molar-refractivity contribution in [2.75, 3.05) is 13.1 Å². The van der Waals surface area contributed by atoms with Gasteiger partial charge in [0.1, 0.15) is 0 Å². The third kappa shape index (κ3) is 3.83. The standard InChI is InChI=1S/C21H24N2O2S/c24-19(17-4-2-1-3-5-17)22-21(14-16-6-7-16)9-11-23(12-10-21)20(25)18-8-13-26-15-18/h1-5,8,13,15-16H,6-7,9-12,14H2,(H,22,24). The fraction of sp³-hybridized carbons (Fsp3) is 0.429. The first kappa shape index (κ1) is 17.3. The highest BCUT2D eigenvalue weighted by Crippen LogP contribution is 2.41. The van der Waals surface area contributed by atoms with E-state index in [1.54, 1.807) is 11.3 Å². The van der Waals surface area contributed by atoms with Gasteiger partial charge in [0.05, 0.1) is 5.56 Å². The summed E-state index contributed by atoms with van der Waals surface area (Å²) in [6.07, 6.45) is 5.23. The number of hydrogen-bond donors (Lipinski definition) is 1. The van der Waals surface area contributed by atoms with Crippen LogP contribution in [0.1, 0.15) is 52.8 Å². The Hall–Kier alpha value is -2.14. The predicted molar refractivity (Wildman–Crippen MR) is 103 cm³/mol. The van der Waals surface area contributed by atoms with Gasteiger partial charge in [-0.25, -0.2) is 0 Å². The molecule has 0 bridgehead atoms. The van der Waals surface area contributed by atoms with Gasteiger partial charge in [0.2, 0.25) is 0 Å². The minimum atomic E-state index is -0.181. The van der Waals surface area contributed by atoms with Gasteiger partial charge in [0.15, 0.2) is 0 Å². The first-order valence-corrected chi connectivity index (χ1v) is 10.3. The molecule has 1 aromatic heterocycles. The van der Waals surface area contributed by atoms with Gasteiger partial charge in [-0.1, -0.05) is 31.0 Å². The van der Waals surface area contributed by atoms with Crippen LogP contribution in [0.5, 0.6) is 0 Å². The number of thiophene rings is 1. The highest BCUT2D eigenvalue weighted by atomic mass is 32.1. The molecule has 0 spiro atoms. The number of piperidine rings is 1. The highest BCUT2D eigenvalue weighted by molar-refractivity contribution is 7.08. The molecule has 2 aliphatic rings. The zero-order valence-electron chi connectivity index (χ0n) is 14.8. The maximum absolute atomic E-state index is 12.7. The topological polar surface area (TPSA) is 49.4 Å². The molecule has 1 aliphatic carbocycles. The second-order valence-electron chi connectivity index (χ2n) is 7.55. The molecule has 5 heteroatoms. The van der Waals surface area contributed by atoms with E-state index in [0.717, 1.165) is 30.7 Å². The second-order valence-corrected chi connectivity index (χ2v) is 8.33. The van der Waals surface area contributed by atoms with Gasteiger partial charge in [-0.05, 0) is 48.8 Å². The number of amides is 2. The Kier molecular flexibility index (Phi) is 4.81. The molecule has 2 fully saturated rings. The summed E-state index contributed by atoms with van der Waals surface area (Å²) in [7, 11) is 0. The molecule has 1 aromatic carbocycles. The van der Waals surface area contributed by atoms with Crippen LogP contribution in [0.15, 0.2) is 47.2 Å². The molecule has 2 aromatic rings. The van der Waals surface area contributed by atoms with Crippen LogP contribution in [0.2, 0.25) is 0 Å². The number of carbonyl (C=O) groups is 2. The lowest BCUT2D eigenvalue weighted by molar-refractivity contribution is 0.0601. The average Bonchev–Trinajstić information content (AvgIpc) is 3.30. The minimum Gasteiger partial charge on any atom is -0.346 e. The van der Waals surface area contributed by atoms with Crippen molar-refractivity contribution in [1.82, 2.24) is 10.2 Å². The highest BCUT2D eigenvalue weighted by Gasteiger charge is 2.41. The van der Waals surface area contributed by atoms with Crippen molar-refractivity contribution in [3.63, 3.8) is 0 Å². The third-order valence-electron chi connectivity index (χ3n) is 5.57. The van der Waals surface area contributed by atoms with Gasteiger partial charge in [-0.15, -0.1) is 0 Å². The average molecular weight is 369 g/mol. The Bertz CT molecular complexity index is 761. The van der Waals surface area contributed by atoms with Crippen molar-refractivity contribution in [2.24, 2.45) is 5.92 Å². The molecular formula is C21H24N2O2S. The first-order chi connectivity index (χ1) is 12.7. The molecule has 0 atom stereocenters. The molecule has 1 saturated heterocycles. The van der Waals surface area contributed by atoms with Crippen molar-refractivity contribution in [3.05, 3.63) is 58.3 Å². The number of nitrogens with zero attached hydrogens (tertiary/aromatic N) is 1. The molecule has 1 N–H and O–H groups in total. The van der Waals surface area contributed by atoms with E-state index in [9.17, 15) is 9.59 Å². The maximum Gasteiger partial charge on any atom is 0.254 e. The van der Waals surface area contributed by atoms with E-state index >= 15 is 0 Å². The van der Waals surface area contributed by atoms with Gasteiger partial charge >= 0.3 is 0 Å². The molecule has 26 heavy (non-hydrogen) atoms. The Morgan fingerprint density at radius 1 is 1.08 bits per heavy atom. The van der Waals surface area contributed by atoms with Gasteiger partial charge in [-0.3, -0.25) is 9.59 Å². The van der Waals surface area contributed by atoms with Crippen LogP contribution in [0, 0.1) is 5.92 Å². The minimum absolute atomic E-state index is 0.00358. The summed E-state index contributed by atoms with van der Waals surface area (Å²) >= 11 is 1.55. The van der Waals surface area contributed by atoms with Crippen LogP contribution < -0.4 is 5.32 Å². The lowest BCUT2D eigenvalue weighted by atomic mass is 9.82. The van der Waals surface area contributed by atoms with Crippen molar-refractivity contribution >= 4 is 23.2 Å². The van der Waals surface area contributed by atoms with Crippen molar-refractivity contribution in [2.45, 2.75) is 37.6 Å². The molecule has 1 saturated carbocycles. The molecule has 136 valence electrons. The van der Waals surface area contributed by atoms with Crippen LogP contribution >= 0.6 is 11.3 Å². The van der Waals surface area contributed by atoms with Crippen LogP contribution in [0.3, 0.4) is 0 Å². The Balaban J connectivity index is 1.44. The van der Waals surface area contributed by atoms with E-state index < -0.39 is 0 Å². The van der Waals surface area contributed by atoms with Crippen LogP contribution in [0.4, 0.5) is 0 Å². The van der Waals surface area contributed by atoms with Crippen LogP contribution in [-0.4, -0.2) is 35.3 Å². The number of hydrogen-bond acceptors (Lipinski definition) is 3. The molecule has 0 unspecified atom stereocenters. The van der Waals surface area contributed by atoms with Crippen LogP contribution in [0.25, 0.3) is 0 Å². The largest absolute Gasteiger partial charge is 0.346 e. The Labute approximate surface area is 158 Å². The summed E-state index contributed by atoms with van der Waals surface area (Å²) in [5, 5.41) is 7.19. The van der Waals surface area contributed by atoms with E-state index in [2.05, 4.69) is 5.32 Å². The lowest BCUT2D eigenvalue weighted by Gasteiger charge is -2.42. The smallest absolute Gasteiger partial charge is 0.254 e. The van der Waals surface area contributed by atoms with Gasteiger partial charge in [0, 0.05) is 29.6 Å². The van der Waals surface area contributed by atoms with E-state index in [4.69, 9.17) is 0 Å². The van der Waals surface area contributed by atoms with Gasteiger partial charge in [-0.2, -0.15) is 11.3 Å². The SMILES string of the molecule is O=C(NC1(CC2CC2)CCN(C(=O)c2ccsc2)CC1)c1ccccc1. The molecule has 1 aliphatic heterocycles. The normalized spacial score (nSPS) is 19.2. The molecule has 2 heterocycles. The van der Waals surface area contributed by atoms with E-state index in [1.807, 2.05) is 52.1 Å². The van der Waals surface area contributed by atoms with Gasteiger partial charge < -0.3 is 10.2 Å². The number of benzene rings is 1. The number of carbonyl (C=O) groups excluding carboxylic acids is 2. The van der Waals surface area contributed by atoms with Crippen LogP contribution in [-0.2, 0) is 0 Å².